The van der Waals surface area contributed by atoms with Gasteiger partial charge in [0.1, 0.15) is 11.5 Å². The van der Waals surface area contributed by atoms with E-state index in [1.54, 1.807) is 0 Å². The van der Waals surface area contributed by atoms with E-state index in [4.69, 9.17) is 9.40 Å². The minimum absolute atomic E-state index is 0.184. The van der Waals surface area contributed by atoms with Gasteiger partial charge in [0.15, 0.2) is 0 Å². The number of oxazole rings is 1. The van der Waals surface area contributed by atoms with Crippen LogP contribution in [0.3, 0.4) is 0 Å². The summed E-state index contributed by atoms with van der Waals surface area (Å²) in [6.07, 6.45) is 4.43. The maximum atomic E-state index is 6.75. The predicted molar refractivity (Wildman–Crippen MR) is 178 cm³/mol. The zero-order valence-electron chi connectivity index (χ0n) is 23.1. The summed E-state index contributed by atoms with van der Waals surface area (Å²) in [5, 5.41) is 7.80. The van der Waals surface area contributed by atoms with E-state index in [9.17, 15) is 0 Å². The van der Waals surface area contributed by atoms with Crippen LogP contribution >= 0.6 is 11.8 Å². The molecule has 202 valence electrons. The molecule has 0 N–H and O–H groups in total. The zero-order valence-corrected chi connectivity index (χ0v) is 23.9. The van der Waals surface area contributed by atoms with Gasteiger partial charge < -0.3 is 4.42 Å². The quantitative estimate of drug-likeness (QED) is 0.194. The Labute approximate surface area is 252 Å². The summed E-state index contributed by atoms with van der Waals surface area (Å²) in [7, 11) is 0. The summed E-state index contributed by atoms with van der Waals surface area (Å²) < 4.78 is 8.94. The number of benzene rings is 6. The van der Waals surface area contributed by atoms with E-state index >= 15 is 0 Å². The van der Waals surface area contributed by atoms with Gasteiger partial charge in [0, 0.05) is 20.9 Å². The topological polar surface area (TPSA) is 31.0 Å². The molecule has 2 aromatic heterocycles. The molecule has 0 saturated carbocycles. The van der Waals surface area contributed by atoms with Crippen molar-refractivity contribution in [2.45, 2.75) is 16.1 Å². The van der Waals surface area contributed by atoms with Crippen LogP contribution in [0.5, 0.6) is 0 Å². The van der Waals surface area contributed by atoms with E-state index in [1.165, 1.54) is 53.9 Å². The van der Waals surface area contributed by atoms with Crippen LogP contribution < -0.4 is 0 Å². The lowest BCUT2D eigenvalue weighted by atomic mass is 9.89. The van der Waals surface area contributed by atoms with Crippen LogP contribution in [0.1, 0.15) is 22.9 Å². The predicted octanol–water partition coefficient (Wildman–Crippen LogP) is 10.4. The highest BCUT2D eigenvalue weighted by Gasteiger charge is 2.39. The van der Waals surface area contributed by atoms with Crippen LogP contribution in [0.15, 0.2) is 137 Å². The molecule has 1 aliphatic heterocycles. The smallest absolute Gasteiger partial charge is 0.307 e. The van der Waals surface area contributed by atoms with Crippen molar-refractivity contribution in [2.24, 2.45) is 0 Å². The molecule has 8 aromatic rings. The summed E-state index contributed by atoms with van der Waals surface area (Å²) in [6, 6.07) is 44.5. The number of rotatable bonds is 2. The third kappa shape index (κ3) is 3.30. The Morgan fingerprint density at radius 1 is 0.651 bits per heavy atom. The maximum absolute atomic E-state index is 6.75. The monoisotopic (exact) mass is 568 g/mol. The number of thioether (sulfide) groups is 1. The first kappa shape index (κ1) is 23.5. The second-order valence-electron chi connectivity index (χ2n) is 11.5. The Bertz CT molecular complexity index is 2460. The highest BCUT2D eigenvalue weighted by atomic mass is 32.2. The molecule has 2 atom stereocenters. The molecule has 0 bridgehead atoms. The normalized spacial score (nSPS) is 17.1. The lowest BCUT2D eigenvalue weighted by Gasteiger charge is -2.18. The molecule has 0 radical (unpaired) electrons. The average molecular weight is 569 g/mol. The molecule has 2 unspecified atom stereocenters. The van der Waals surface area contributed by atoms with Crippen molar-refractivity contribution >= 4 is 61.2 Å². The largest absolute Gasteiger partial charge is 0.427 e. The lowest BCUT2D eigenvalue weighted by molar-refractivity contribution is 0.470. The van der Waals surface area contributed by atoms with Crippen LogP contribution in [0, 0.1) is 0 Å². The first-order chi connectivity index (χ1) is 21.3. The number of hydrogen-bond acceptors (Lipinski definition) is 3. The number of nitrogens with zero attached hydrogens (tertiary/aromatic N) is 2. The minimum Gasteiger partial charge on any atom is -0.427 e. The van der Waals surface area contributed by atoms with E-state index in [-0.39, 0.29) is 5.92 Å². The Hall–Kier alpha value is -5.06. The standard InChI is InChI=1S/C39H24N2OS/c1-2-10-25-23(9-1)21-30(27-12-4-3-11-26(25)27)24-17-19-34-31(22-24)28-13-5-7-15-33(28)41(34)39-40-32-18-20-36-37(38(32)42-39)29-14-6-8-16-35(29)43-36/h1-22,36-37H. The molecule has 6 aromatic carbocycles. The molecular weight excluding hydrogens is 545 g/mol. The van der Waals surface area contributed by atoms with Crippen LogP contribution in [0.25, 0.3) is 66.6 Å². The zero-order chi connectivity index (χ0) is 28.1. The number of para-hydroxylation sites is 1. The summed E-state index contributed by atoms with van der Waals surface area (Å²) in [4.78, 5) is 6.41. The highest BCUT2D eigenvalue weighted by molar-refractivity contribution is 8.00. The van der Waals surface area contributed by atoms with Gasteiger partial charge in [0.2, 0.25) is 0 Å². The number of hydrogen-bond donors (Lipinski definition) is 0. The van der Waals surface area contributed by atoms with Crippen LogP contribution in [-0.2, 0) is 0 Å². The van der Waals surface area contributed by atoms with Gasteiger partial charge in [-0.05, 0) is 74.6 Å². The number of aromatic nitrogens is 2. The van der Waals surface area contributed by atoms with Crippen molar-refractivity contribution in [2.75, 3.05) is 0 Å². The van der Waals surface area contributed by atoms with Crippen molar-refractivity contribution in [1.82, 2.24) is 9.55 Å². The molecule has 3 nitrogen and oxygen atoms in total. The van der Waals surface area contributed by atoms with Gasteiger partial charge in [-0.25, -0.2) is 0 Å². The van der Waals surface area contributed by atoms with Crippen LogP contribution in [-0.4, -0.2) is 14.8 Å². The summed E-state index contributed by atoms with van der Waals surface area (Å²) >= 11 is 1.91. The second-order valence-corrected chi connectivity index (χ2v) is 12.7. The lowest BCUT2D eigenvalue weighted by Crippen LogP contribution is -2.12. The van der Waals surface area contributed by atoms with Crippen molar-refractivity contribution in [3.63, 3.8) is 0 Å². The van der Waals surface area contributed by atoms with Gasteiger partial charge in [0.05, 0.1) is 17.0 Å². The summed E-state index contributed by atoms with van der Waals surface area (Å²) in [5.74, 6) is 1.15. The van der Waals surface area contributed by atoms with Crippen LogP contribution in [0.4, 0.5) is 0 Å². The molecule has 10 rings (SSSR count). The van der Waals surface area contributed by atoms with Crippen molar-refractivity contribution in [3.05, 3.63) is 144 Å². The van der Waals surface area contributed by atoms with Gasteiger partial charge in [-0.2, -0.15) is 4.98 Å². The minimum atomic E-state index is 0.184. The van der Waals surface area contributed by atoms with E-state index in [2.05, 4.69) is 138 Å². The second kappa shape index (κ2) is 8.73. The third-order valence-corrected chi connectivity index (χ3v) is 10.5. The molecule has 3 heterocycles. The van der Waals surface area contributed by atoms with E-state index in [0.29, 0.717) is 11.3 Å². The molecule has 0 amide bonds. The van der Waals surface area contributed by atoms with Crippen molar-refractivity contribution < 1.29 is 4.42 Å². The molecule has 0 spiro atoms. The summed E-state index contributed by atoms with van der Waals surface area (Å²) in [6.45, 7) is 0. The SMILES string of the molecule is C1=CC2Sc3ccccc3C2c2oc(-n3c4ccccc4c4cc(-c5cc6ccccc6c6ccccc56)ccc43)nc21. The van der Waals surface area contributed by atoms with Gasteiger partial charge in [-0.15, -0.1) is 11.8 Å². The van der Waals surface area contributed by atoms with E-state index < -0.39 is 0 Å². The summed E-state index contributed by atoms with van der Waals surface area (Å²) in [5.41, 5.74) is 6.90. The van der Waals surface area contributed by atoms with E-state index in [0.717, 1.165) is 22.5 Å². The molecule has 0 saturated heterocycles. The molecule has 0 fully saturated rings. The fraction of sp³-hybridized carbons (Fsp3) is 0.0513. The first-order valence-corrected chi connectivity index (χ1v) is 15.6. The Balaban J connectivity index is 1.19. The van der Waals surface area contributed by atoms with Gasteiger partial charge in [-0.1, -0.05) is 97.1 Å². The van der Waals surface area contributed by atoms with E-state index in [1.807, 2.05) is 11.8 Å². The molecule has 43 heavy (non-hydrogen) atoms. The van der Waals surface area contributed by atoms with Crippen molar-refractivity contribution in [3.8, 4) is 17.1 Å². The first-order valence-electron chi connectivity index (χ1n) is 14.7. The molecule has 2 aliphatic rings. The highest BCUT2D eigenvalue weighted by Crippen LogP contribution is 2.52. The Kier molecular flexibility index (Phi) is 4.77. The Morgan fingerprint density at radius 2 is 1.40 bits per heavy atom. The fourth-order valence-corrected chi connectivity index (χ4v) is 8.62. The van der Waals surface area contributed by atoms with Gasteiger partial charge in [0.25, 0.3) is 0 Å². The molecule has 4 heteroatoms. The van der Waals surface area contributed by atoms with Gasteiger partial charge in [-0.3, -0.25) is 4.57 Å². The van der Waals surface area contributed by atoms with Crippen LogP contribution in [0.2, 0.25) is 0 Å². The third-order valence-electron chi connectivity index (χ3n) is 9.18. The fourth-order valence-electron chi connectivity index (χ4n) is 7.27. The average Bonchev–Trinajstić information content (AvgIpc) is 3.75. The molecular formula is C39H24N2OS. The number of fused-ring (bicyclic) bond motifs is 11. The van der Waals surface area contributed by atoms with Gasteiger partial charge >= 0.3 is 6.01 Å². The maximum Gasteiger partial charge on any atom is 0.307 e. The Morgan fingerprint density at radius 3 is 2.33 bits per heavy atom. The molecule has 1 aliphatic carbocycles. The van der Waals surface area contributed by atoms with Crippen molar-refractivity contribution in [1.29, 1.82) is 0 Å².